The molecule has 0 heterocycles. The van der Waals surface area contributed by atoms with Crippen molar-refractivity contribution in [2.24, 2.45) is 5.92 Å². The average molecular weight is 256 g/mol. The van der Waals surface area contributed by atoms with E-state index in [9.17, 15) is 0 Å². The molecule has 2 nitrogen and oxygen atoms in total. The molecule has 0 unspecified atom stereocenters. The summed E-state index contributed by atoms with van der Waals surface area (Å²) in [6, 6.07) is 5.86. The highest BCUT2D eigenvalue weighted by Crippen LogP contribution is 2.27. The van der Waals surface area contributed by atoms with E-state index < -0.39 is 0 Å². The zero-order valence-electron chi connectivity index (χ0n) is 10.9. The van der Waals surface area contributed by atoms with Gasteiger partial charge in [0.25, 0.3) is 0 Å². The first-order valence-corrected chi connectivity index (χ1v) is 6.75. The molecule has 96 valence electrons. The van der Waals surface area contributed by atoms with Gasteiger partial charge in [-0.05, 0) is 31.0 Å². The van der Waals surface area contributed by atoms with Crippen molar-refractivity contribution in [3.63, 3.8) is 0 Å². The predicted octanol–water partition coefficient (Wildman–Crippen LogP) is 4.59. The van der Waals surface area contributed by atoms with E-state index in [-0.39, 0.29) is 0 Å². The summed E-state index contributed by atoms with van der Waals surface area (Å²) in [4.78, 5) is 0. The largest absolute Gasteiger partial charge is 0.492 e. The van der Waals surface area contributed by atoms with Crippen molar-refractivity contribution in [1.29, 1.82) is 0 Å². The maximum absolute atomic E-state index is 6.13. The first-order valence-electron chi connectivity index (χ1n) is 6.37. The van der Waals surface area contributed by atoms with Crippen molar-refractivity contribution in [3.8, 4) is 5.75 Å². The summed E-state index contributed by atoms with van der Waals surface area (Å²) in [6.07, 6.45) is 2.41. The standard InChI is InChI=1S/C14H22ClNO/c1-4-11(5-2)10-16-12-7-8-14(17-6-3)13(15)9-12/h7-9,11,16H,4-6,10H2,1-3H3. The Morgan fingerprint density at radius 3 is 2.47 bits per heavy atom. The fourth-order valence-corrected chi connectivity index (χ4v) is 1.96. The van der Waals surface area contributed by atoms with E-state index in [4.69, 9.17) is 16.3 Å². The minimum Gasteiger partial charge on any atom is -0.492 e. The van der Waals surface area contributed by atoms with Crippen LogP contribution in [0.5, 0.6) is 5.75 Å². The lowest BCUT2D eigenvalue weighted by Crippen LogP contribution is -2.12. The smallest absolute Gasteiger partial charge is 0.138 e. The van der Waals surface area contributed by atoms with Gasteiger partial charge in [0.15, 0.2) is 0 Å². The summed E-state index contributed by atoms with van der Waals surface area (Å²) in [5.74, 6) is 1.47. The van der Waals surface area contributed by atoms with E-state index in [0.29, 0.717) is 11.6 Å². The zero-order chi connectivity index (χ0) is 12.7. The van der Waals surface area contributed by atoms with Crippen LogP contribution in [0.3, 0.4) is 0 Å². The van der Waals surface area contributed by atoms with Gasteiger partial charge in [-0.2, -0.15) is 0 Å². The molecule has 0 aliphatic rings. The molecule has 3 heteroatoms. The fourth-order valence-electron chi connectivity index (χ4n) is 1.72. The minimum absolute atomic E-state index is 0.639. The number of halogens is 1. The second-order valence-electron chi connectivity index (χ2n) is 4.14. The molecule has 0 radical (unpaired) electrons. The van der Waals surface area contributed by atoms with Crippen LogP contribution in [0, 0.1) is 5.92 Å². The van der Waals surface area contributed by atoms with Crippen LogP contribution in [0.25, 0.3) is 0 Å². The highest BCUT2D eigenvalue weighted by molar-refractivity contribution is 6.32. The Kier molecular flexibility index (Phi) is 6.20. The third-order valence-electron chi connectivity index (χ3n) is 2.98. The molecule has 0 saturated carbocycles. The summed E-state index contributed by atoms with van der Waals surface area (Å²) < 4.78 is 5.40. The summed E-state index contributed by atoms with van der Waals surface area (Å²) in [5, 5.41) is 4.08. The van der Waals surface area contributed by atoms with Crippen LogP contribution in [0.2, 0.25) is 5.02 Å². The summed E-state index contributed by atoms with van der Waals surface area (Å²) in [5.41, 5.74) is 1.06. The molecule has 0 aliphatic carbocycles. The molecule has 1 rings (SSSR count). The lowest BCUT2D eigenvalue weighted by molar-refractivity contribution is 0.340. The lowest BCUT2D eigenvalue weighted by atomic mass is 10.0. The van der Waals surface area contributed by atoms with E-state index in [1.807, 2.05) is 25.1 Å². The number of ether oxygens (including phenoxy) is 1. The van der Waals surface area contributed by atoms with Gasteiger partial charge in [0, 0.05) is 12.2 Å². The topological polar surface area (TPSA) is 21.3 Å². The second-order valence-corrected chi connectivity index (χ2v) is 4.55. The molecular weight excluding hydrogens is 234 g/mol. The van der Waals surface area contributed by atoms with E-state index in [1.54, 1.807) is 0 Å². The van der Waals surface area contributed by atoms with E-state index in [0.717, 1.165) is 23.9 Å². The van der Waals surface area contributed by atoms with Crippen molar-refractivity contribution < 1.29 is 4.74 Å². The quantitative estimate of drug-likeness (QED) is 0.770. The highest BCUT2D eigenvalue weighted by atomic mass is 35.5. The molecular formula is C14H22ClNO. The van der Waals surface area contributed by atoms with Crippen LogP contribution in [-0.2, 0) is 0 Å². The van der Waals surface area contributed by atoms with Gasteiger partial charge in [-0.3, -0.25) is 0 Å². The van der Waals surface area contributed by atoms with Crippen LogP contribution in [0.1, 0.15) is 33.6 Å². The second kappa shape index (κ2) is 7.44. The molecule has 0 fully saturated rings. The molecule has 1 N–H and O–H groups in total. The zero-order valence-corrected chi connectivity index (χ0v) is 11.7. The van der Waals surface area contributed by atoms with Crippen molar-refractivity contribution in [1.82, 2.24) is 0 Å². The fraction of sp³-hybridized carbons (Fsp3) is 0.571. The molecule has 17 heavy (non-hydrogen) atoms. The van der Waals surface area contributed by atoms with Crippen molar-refractivity contribution in [2.75, 3.05) is 18.5 Å². The Labute approximate surface area is 109 Å². The SMILES string of the molecule is CCOc1ccc(NCC(CC)CC)cc1Cl. The van der Waals surface area contributed by atoms with Crippen molar-refractivity contribution in [3.05, 3.63) is 23.2 Å². The average Bonchev–Trinajstić information content (AvgIpc) is 2.34. The number of hydrogen-bond donors (Lipinski definition) is 1. The van der Waals surface area contributed by atoms with Gasteiger partial charge >= 0.3 is 0 Å². The monoisotopic (exact) mass is 255 g/mol. The Hall–Kier alpha value is -0.890. The molecule has 0 aliphatic heterocycles. The predicted molar refractivity (Wildman–Crippen MR) is 75.2 cm³/mol. The van der Waals surface area contributed by atoms with Crippen LogP contribution in [-0.4, -0.2) is 13.2 Å². The Balaban J connectivity index is 2.58. The number of hydrogen-bond acceptors (Lipinski definition) is 2. The third kappa shape index (κ3) is 4.47. The molecule has 1 aromatic carbocycles. The summed E-state index contributed by atoms with van der Waals surface area (Å²) in [7, 11) is 0. The Bertz CT molecular complexity index is 337. The van der Waals surface area contributed by atoms with E-state index in [2.05, 4.69) is 19.2 Å². The van der Waals surface area contributed by atoms with E-state index >= 15 is 0 Å². The van der Waals surface area contributed by atoms with Crippen molar-refractivity contribution in [2.45, 2.75) is 33.6 Å². The number of rotatable bonds is 7. The number of nitrogens with one attached hydrogen (secondary N) is 1. The van der Waals surface area contributed by atoms with E-state index in [1.165, 1.54) is 12.8 Å². The van der Waals surface area contributed by atoms with Crippen molar-refractivity contribution >= 4 is 17.3 Å². The Morgan fingerprint density at radius 1 is 1.24 bits per heavy atom. The molecule has 0 bridgehead atoms. The highest BCUT2D eigenvalue weighted by Gasteiger charge is 2.05. The van der Waals surface area contributed by atoms with Gasteiger partial charge in [0.2, 0.25) is 0 Å². The molecule has 0 atom stereocenters. The first kappa shape index (κ1) is 14.2. The minimum atomic E-state index is 0.639. The number of benzene rings is 1. The number of anilines is 1. The molecule has 1 aromatic rings. The lowest BCUT2D eigenvalue weighted by Gasteiger charge is -2.15. The van der Waals surface area contributed by atoms with Gasteiger partial charge in [-0.25, -0.2) is 0 Å². The maximum Gasteiger partial charge on any atom is 0.138 e. The van der Waals surface area contributed by atoms with Crippen LogP contribution < -0.4 is 10.1 Å². The van der Waals surface area contributed by atoms with Gasteiger partial charge < -0.3 is 10.1 Å². The van der Waals surface area contributed by atoms with Gasteiger partial charge in [-0.1, -0.05) is 38.3 Å². The Morgan fingerprint density at radius 2 is 1.94 bits per heavy atom. The van der Waals surface area contributed by atoms with Crippen LogP contribution in [0.4, 0.5) is 5.69 Å². The third-order valence-corrected chi connectivity index (χ3v) is 3.28. The van der Waals surface area contributed by atoms with Gasteiger partial charge in [0.05, 0.1) is 11.6 Å². The molecule has 0 amide bonds. The maximum atomic E-state index is 6.13. The van der Waals surface area contributed by atoms with Crippen LogP contribution in [0.15, 0.2) is 18.2 Å². The molecule has 0 aromatic heterocycles. The summed E-state index contributed by atoms with van der Waals surface area (Å²) >= 11 is 6.13. The normalized spacial score (nSPS) is 10.6. The molecule has 0 saturated heterocycles. The van der Waals surface area contributed by atoms with Crippen LogP contribution >= 0.6 is 11.6 Å². The first-order chi connectivity index (χ1) is 8.21. The molecule has 0 spiro atoms. The van der Waals surface area contributed by atoms with Gasteiger partial charge in [-0.15, -0.1) is 0 Å². The summed E-state index contributed by atoms with van der Waals surface area (Å²) in [6.45, 7) is 8.04. The van der Waals surface area contributed by atoms with Gasteiger partial charge in [0.1, 0.15) is 5.75 Å².